The van der Waals surface area contributed by atoms with Crippen molar-refractivity contribution in [1.29, 1.82) is 0 Å². The molecule has 3 rings (SSSR count). The molecule has 1 aromatic carbocycles. The lowest BCUT2D eigenvalue weighted by Crippen LogP contribution is -2.30. The minimum Gasteiger partial charge on any atom is -0.316 e. The van der Waals surface area contributed by atoms with E-state index >= 15 is 0 Å². The standard InChI is InChI=1S/C12H15N5/c1-2-6-11(7-3-1)17-12(14-15-16-17)10-5-4-8-13-9-10/h1-3,6-7,10,13H,4-5,8-9H2. The maximum atomic E-state index is 4.18. The quantitative estimate of drug-likeness (QED) is 0.838. The number of piperidine rings is 1. The van der Waals surface area contributed by atoms with Crippen molar-refractivity contribution in [2.75, 3.05) is 13.1 Å². The Labute approximate surface area is 99.8 Å². The van der Waals surface area contributed by atoms with Crippen molar-refractivity contribution in [2.45, 2.75) is 18.8 Å². The van der Waals surface area contributed by atoms with Gasteiger partial charge < -0.3 is 5.32 Å². The van der Waals surface area contributed by atoms with Gasteiger partial charge in [0.25, 0.3) is 0 Å². The number of nitrogens with zero attached hydrogens (tertiary/aromatic N) is 4. The molecular formula is C12H15N5. The fourth-order valence-electron chi connectivity index (χ4n) is 2.27. The number of tetrazole rings is 1. The van der Waals surface area contributed by atoms with Crippen molar-refractivity contribution in [2.24, 2.45) is 0 Å². The largest absolute Gasteiger partial charge is 0.316 e. The van der Waals surface area contributed by atoms with E-state index < -0.39 is 0 Å². The molecule has 0 spiro atoms. The first kappa shape index (κ1) is 10.4. The van der Waals surface area contributed by atoms with Gasteiger partial charge in [0.15, 0.2) is 5.82 Å². The van der Waals surface area contributed by atoms with Crippen LogP contribution in [-0.2, 0) is 0 Å². The van der Waals surface area contributed by atoms with E-state index in [2.05, 4.69) is 20.8 Å². The summed E-state index contributed by atoms with van der Waals surface area (Å²) in [4.78, 5) is 0. The number of hydrogen-bond donors (Lipinski definition) is 1. The van der Waals surface area contributed by atoms with Gasteiger partial charge in [-0.15, -0.1) is 5.10 Å². The van der Waals surface area contributed by atoms with Gasteiger partial charge >= 0.3 is 0 Å². The van der Waals surface area contributed by atoms with Gasteiger partial charge in [0, 0.05) is 12.5 Å². The third-order valence-electron chi connectivity index (χ3n) is 3.16. The summed E-state index contributed by atoms with van der Waals surface area (Å²) in [6, 6.07) is 10.0. The predicted octanol–water partition coefficient (Wildman–Crippen LogP) is 1.13. The van der Waals surface area contributed by atoms with Crippen LogP contribution in [-0.4, -0.2) is 33.3 Å². The molecule has 0 amide bonds. The van der Waals surface area contributed by atoms with Crippen LogP contribution in [0.4, 0.5) is 0 Å². The lowest BCUT2D eigenvalue weighted by atomic mass is 9.99. The highest BCUT2D eigenvalue weighted by Gasteiger charge is 2.21. The SMILES string of the molecule is c1ccc(-n2nnnc2C2CCCNC2)cc1. The second-order valence-electron chi connectivity index (χ2n) is 4.33. The highest BCUT2D eigenvalue weighted by molar-refractivity contribution is 5.31. The van der Waals surface area contributed by atoms with E-state index in [1.54, 1.807) is 0 Å². The number of hydrogen-bond acceptors (Lipinski definition) is 4. The Morgan fingerprint density at radius 3 is 2.88 bits per heavy atom. The molecule has 0 radical (unpaired) electrons. The highest BCUT2D eigenvalue weighted by atomic mass is 15.5. The second kappa shape index (κ2) is 4.63. The van der Waals surface area contributed by atoms with Crippen LogP contribution in [0.15, 0.2) is 30.3 Å². The van der Waals surface area contributed by atoms with Crippen LogP contribution in [0.2, 0.25) is 0 Å². The van der Waals surface area contributed by atoms with Gasteiger partial charge in [-0.2, -0.15) is 4.68 Å². The molecule has 0 saturated carbocycles. The van der Waals surface area contributed by atoms with E-state index in [0.717, 1.165) is 31.0 Å². The summed E-state index contributed by atoms with van der Waals surface area (Å²) in [5.41, 5.74) is 1.03. The van der Waals surface area contributed by atoms with E-state index in [1.165, 1.54) is 6.42 Å². The van der Waals surface area contributed by atoms with Gasteiger partial charge in [-0.1, -0.05) is 18.2 Å². The Morgan fingerprint density at radius 1 is 1.24 bits per heavy atom. The molecule has 1 aromatic heterocycles. The van der Waals surface area contributed by atoms with E-state index in [4.69, 9.17) is 0 Å². The van der Waals surface area contributed by atoms with Crippen LogP contribution in [0.5, 0.6) is 0 Å². The second-order valence-corrected chi connectivity index (χ2v) is 4.33. The zero-order valence-corrected chi connectivity index (χ0v) is 9.58. The third kappa shape index (κ3) is 2.06. The van der Waals surface area contributed by atoms with Gasteiger partial charge in [0.05, 0.1) is 5.69 Å². The van der Waals surface area contributed by atoms with Crippen molar-refractivity contribution >= 4 is 0 Å². The molecule has 1 saturated heterocycles. The monoisotopic (exact) mass is 229 g/mol. The van der Waals surface area contributed by atoms with Gasteiger partial charge in [-0.25, -0.2) is 0 Å². The smallest absolute Gasteiger partial charge is 0.161 e. The normalized spacial score (nSPS) is 20.4. The Kier molecular flexibility index (Phi) is 2.83. The Bertz CT molecular complexity index is 473. The molecule has 1 unspecified atom stereocenters. The Morgan fingerprint density at radius 2 is 2.12 bits per heavy atom. The summed E-state index contributed by atoms with van der Waals surface area (Å²) in [5.74, 6) is 1.38. The van der Waals surface area contributed by atoms with Crippen LogP contribution in [0.3, 0.4) is 0 Å². The molecule has 5 nitrogen and oxygen atoms in total. The van der Waals surface area contributed by atoms with Crippen molar-refractivity contribution in [3.05, 3.63) is 36.2 Å². The van der Waals surface area contributed by atoms with Crippen molar-refractivity contribution in [3.63, 3.8) is 0 Å². The number of aromatic nitrogens is 4. The van der Waals surface area contributed by atoms with Gasteiger partial charge in [-0.05, 0) is 41.9 Å². The maximum absolute atomic E-state index is 4.18. The summed E-state index contributed by atoms with van der Waals surface area (Å²) in [7, 11) is 0. The zero-order valence-electron chi connectivity index (χ0n) is 9.58. The summed E-state index contributed by atoms with van der Waals surface area (Å²) < 4.78 is 1.84. The molecular weight excluding hydrogens is 214 g/mol. The van der Waals surface area contributed by atoms with E-state index in [9.17, 15) is 0 Å². The van der Waals surface area contributed by atoms with Crippen LogP contribution < -0.4 is 5.32 Å². The minimum atomic E-state index is 0.416. The van der Waals surface area contributed by atoms with Crippen molar-refractivity contribution < 1.29 is 0 Å². The molecule has 5 heteroatoms. The van der Waals surface area contributed by atoms with E-state index in [0.29, 0.717) is 5.92 Å². The minimum absolute atomic E-state index is 0.416. The number of nitrogens with one attached hydrogen (secondary N) is 1. The highest BCUT2D eigenvalue weighted by Crippen LogP contribution is 2.22. The van der Waals surface area contributed by atoms with Crippen molar-refractivity contribution in [1.82, 2.24) is 25.5 Å². The Balaban J connectivity index is 1.93. The first-order valence-corrected chi connectivity index (χ1v) is 5.99. The molecule has 2 aromatic rings. The summed E-state index contributed by atoms with van der Waals surface area (Å²) >= 11 is 0. The molecule has 0 aliphatic carbocycles. The fraction of sp³-hybridized carbons (Fsp3) is 0.417. The van der Waals surface area contributed by atoms with E-state index in [1.807, 2.05) is 35.0 Å². The molecule has 1 atom stereocenters. The van der Waals surface area contributed by atoms with Gasteiger partial charge in [0.2, 0.25) is 0 Å². The van der Waals surface area contributed by atoms with Gasteiger partial charge in [-0.3, -0.25) is 0 Å². The van der Waals surface area contributed by atoms with Crippen LogP contribution >= 0.6 is 0 Å². The molecule has 1 aliphatic rings. The number of para-hydroxylation sites is 1. The summed E-state index contributed by atoms with van der Waals surface area (Å²) in [6.45, 7) is 2.07. The van der Waals surface area contributed by atoms with Crippen LogP contribution in [0.1, 0.15) is 24.6 Å². The zero-order chi connectivity index (χ0) is 11.5. The average molecular weight is 229 g/mol. The summed E-state index contributed by atoms with van der Waals surface area (Å²) in [6.07, 6.45) is 2.34. The molecule has 1 N–H and O–H groups in total. The number of rotatable bonds is 2. The molecule has 0 bridgehead atoms. The fourth-order valence-corrected chi connectivity index (χ4v) is 2.27. The van der Waals surface area contributed by atoms with Crippen LogP contribution in [0.25, 0.3) is 5.69 Å². The lowest BCUT2D eigenvalue weighted by molar-refractivity contribution is 0.440. The number of benzene rings is 1. The molecule has 1 fully saturated rings. The van der Waals surface area contributed by atoms with Gasteiger partial charge in [0.1, 0.15) is 0 Å². The predicted molar refractivity (Wildman–Crippen MR) is 64.0 cm³/mol. The first-order chi connectivity index (χ1) is 8.45. The van der Waals surface area contributed by atoms with E-state index in [-0.39, 0.29) is 0 Å². The molecule has 88 valence electrons. The first-order valence-electron chi connectivity index (χ1n) is 5.99. The summed E-state index contributed by atoms with van der Waals surface area (Å²) in [5, 5.41) is 15.5. The Hall–Kier alpha value is -1.75. The maximum Gasteiger partial charge on any atom is 0.161 e. The molecule has 2 heterocycles. The molecule has 17 heavy (non-hydrogen) atoms. The lowest BCUT2D eigenvalue weighted by Gasteiger charge is -2.21. The topological polar surface area (TPSA) is 55.6 Å². The third-order valence-corrected chi connectivity index (χ3v) is 3.16. The van der Waals surface area contributed by atoms with Crippen molar-refractivity contribution in [3.8, 4) is 5.69 Å². The molecule has 1 aliphatic heterocycles. The average Bonchev–Trinajstić information content (AvgIpc) is 2.90. The van der Waals surface area contributed by atoms with Crippen LogP contribution in [0, 0.1) is 0 Å².